The molecule has 3 N–H and O–H groups in total. The molecule has 0 spiro atoms. The maximum Gasteiger partial charge on any atom is 0.239 e. The van der Waals surface area contributed by atoms with E-state index >= 15 is 0 Å². The van der Waals surface area contributed by atoms with Crippen LogP contribution in [0.4, 0.5) is 17.5 Å². The van der Waals surface area contributed by atoms with Gasteiger partial charge in [0.2, 0.25) is 5.91 Å². The molecule has 1 aromatic carbocycles. The fourth-order valence-corrected chi connectivity index (χ4v) is 5.88. The van der Waals surface area contributed by atoms with Crippen LogP contribution in [-0.2, 0) is 11.3 Å². The zero-order chi connectivity index (χ0) is 30.8. The van der Waals surface area contributed by atoms with Gasteiger partial charge in [0.1, 0.15) is 41.1 Å². The average Bonchev–Trinajstić information content (AvgIpc) is 3.31. The van der Waals surface area contributed by atoms with Crippen LogP contribution >= 0.6 is 0 Å². The van der Waals surface area contributed by atoms with Crippen molar-refractivity contribution in [2.75, 3.05) is 61.3 Å². The van der Waals surface area contributed by atoms with Crippen LogP contribution in [0, 0.1) is 11.3 Å². The quantitative estimate of drug-likeness (QED) is 0.295. The molecule has 2 aliphatic rings. The van der Waals surface area contributed by atoms with E-state index in [-0.39, 0.29) is 12.5 Å². The molecular weight excluding hydrogens is 568 g/mol. The second-order valence-electron chi connectivity index (χ2n) is 11.1. The topological polar surface area (TPSA) is 158 Å². The second kappa shape index (κ2) is 12.2. The number of rotatable bonds is 6. The van der Waals surface area contributed by atoms with Crippen molar-refractivity contribution >= 4 is 34.5 Å². The molecule has 0 aliphatic carbocycles. The maximum absolute atomic E-state index is 12.3. The van der Waals surface area contributed by atoms with Crippen molar-refractivity contribution in [2.24, 2.45) is 0 Å². The summed E-state index contributed by atoms with van der Waals surface area (Å²) in [6, 6.07) is 19.9. The number of amides is 1. The number of hydrogen-bond donors (Lipinski definition) is 2. The lowest BCUT2D eigenvalue weighted by Crippen LogP contribution is -2.46. The van der Waals surface area contributed by atoms with Gasteiger partial charge in [0.05, 0.1) is 12.1 Å². The van der Waals surface area contributed by atoms with Crippen LogP contribution in [0.5, 0.6) is 0 Å². The number of piperazine rings is 1. The summed E-state index contributed by atoms with van der Waals surface area (Å²) in [5.41, 5.74) is 10.9. The number of nitriles is 1. The van der Waals surface area contributed by atoms with Gasteiger partial charge < -0.3 is 20.9 Å². The van der Waals surface area contributed by atoms with E-state index in [9.17, 15) is 4.79 Å². The predicted octanol–water partition coefficient (Wildman–Crippen LogP) is 2.37. The second-order valence-corrected chi connectivity index (χ2v) is 11.1. The van der Waals surface area contributed by atoms with Crippen molar-refractivity contribution in [3.63, 3.8) is 0 Å². The Labute approximate surface area is 260 Å². The number of aromatic nitrogens is 6. The third-order valence-electron chi connectivity index (χ3n) is 8.22. The number of imidazole rings is 1. The van der Waals surface area contributed by atoms with Crippen LogP contribution in [0.25, 0.3) is 28.2 Å². The zero-order valence-corrected chi connectivity index (χ0v) is 24.7. The number of nitrogens with one attached hydrogen (secondary N) is 1. The van der Waals surface area contributed by atoms with Gasteiger partial charge in [-0.3, -0.25) is 14.3 Å². The number of benzene rings is 1. The molecule has 13 heteroatoms. The molecule has 4 aromatic heterocycles. The Kier molecular flexibility index (Phi) is 7.62. The lowest BCUT2D eigenvalue weighted by atomic mass is 10.1. The Bertz CT molecular complexity index is 1890. The molecule has 7 rings (SSSR count). The van der Waals surface area contributed by atoms with Crippen LogP contribution in [0.3, 0.4) is 0 Å². The van der Waals surface area contributed by atoms with Crippen LogP contribution in [-0.4, -0.2) is 86.1 Å². The van der Waals surface area contributed by atoms with Gasteiger partial charge in [0, 0.05) is 63.8 Å². The smallest absolute Gasteiger partial charge is 0.239 e. The lowest BCUT2D eigenvalue weighted by molar-refractivity contribution is -0.119. The molecular formula is C32H32N12O. The summed E-state index contributed by atoms with van der Waals surface area (Å²) in [4.78, 5) is 41.5. The van der Waals surface area contributed by atoms with Gasteiger partial charge in [-0.15, -0.1) is 0 Å². The molecule has 226 valence electrons. The van der Waals surface area contributed by atoms with Crippen molar-refractivity contribution < 1.29 is 4.79 Å². The van der Waals surface area contributed by atoms with Crippen molar-refractivity contribution in [2.45, 2.75) is 13.0 Å². The summed E-state index contributed by atoms with van der Waals surface area (Å²) < 4.78 is 2.02. The van der Waals surface area contributed by atoms with Gasteiger partial charge in [-0.2, -0.15) is 5.26 Å². The first-order valence-electron chi connectivity index (χ1n) is 15.0. The van der Waals surface area contributed by atoms with E-state index in [2.05, 4.69) is 60.4 Å². The van der Waals surface area contributed by atoms with Crippen LogP contribution in [0.15, 0.2) is 67.1 Å². The standard InChI is InChI=1S/C32H32N12O/c33-18-23-17-28(38-21-37-23)42-15-13-41(14-16-42)19-22-4-6-24(7-5-22)44-31(25-3-1-10-36-30(25)34)39-26-8-9-27(40-32(26)44)43-12-2-11-35-29(45)20-43/h1,3-10,17,21H,2,11-16,19-20H2,(H2,34,36)(H,35,45). The number of nitrogen functional groups attached to an aromatic ring is 1. The van der Waals surface area contributed by atoms with Crippen molar-refractivity contribution in [1.29, 1.82) is 5.26 Å². The van der Waals surface area contributed by atoms with Crippen LogP contribution < -0.4 is 20.9 Å². The normalized spacial score (nSPS) is 15.9. The molecule has 1 amide bonds. The minimum atomic E-state index is -0.00843. The molecule has 0 unspecified atom stereocenters. The minimum absolute atomic E-state index is 0.00843. The number of pyridine rings is 2. The van der Waals surface area contributed by atoms with E-state index in [4.69, 9.17) is 21.0 Å². The molecule has 2 saturated heterocycles. The lowest BCUT2D eigenvalue weighted by Gasteiger charge is -2.35. The van der Waals surface area contributed by atoms with Gasteiger partial charge in [-0.25, -0.2) is 24.9 Å². The van der Waals surface area contributed by atoms with E-state index < -0.39 is 0 Å². The van der Waals surface area contributed by atoms with Gasteiger partial charge in [-0.1, -0.05) is 12.1 Å². The van der Waals surface area contributed by atoms with E-state index in [1.165, 1.54) is 11.9 Å². The number of fused-ring (bicyclic) bond motifs is 1. The first-order chi connectivity index (χ1) is 22.1. The maximum atomic E-state index is 12.3. The van der Waals surface area contributed by atoms with Gasteiger partial charge >= 0.3 is 0 Å². The number of carbonyl (C=O) groups is 1. The number of nitrogens with zero attached hydrogens (tertiary/aromatic N) is 10. The third-order valence-corrected chi connectivity index (χ3v) is 8.22. The highest BCUT2D eigenvalue weighted by Crippen LogP contribution is 2.31. The van der Waals surface area contributed by atoms with Crippen molar-refractivity contribution in [1.82, 2.24) is 39.7 Å². The molecule has 2 fully saturated rings. The number of hydrogen-bond acceptors (Lipinski definition) is 11. The number of carbonyl (C=O) groups excluding carboxylic acids is 1. The zero-order valence-electron chi connectivity index (χ0n) is 24.7. The molecule has 0 saturated carbocycles. The van der Waals surface area contributed by atoms with E-state index in [0.29, 0.717) is 29.5 Å². The van der Waals surface area contributed by atoms with Crippen LogP contribution in [0.2, 0.25) is 0 Å². The van der Waals surface area contributed by atoms with Crippen LogP contribution in [0.1, 0.15) is 17.7 Å². The summed E-state index contributed by atoms with van der Waals surface area (Å²) in [5, 5.41) is 12.1. The van der Waals surface area contributed by atoms with Crippen molar-refractivity contribution in [3.05, 3.63) is 78.4 Å². The van der Waals surface area contributed by atoms with E-state index in [0.717, 1.165) is 74.1 Å². The molecule has 6 heterocycles. The fraction of sp³-hybridized carbons (Fsp3) is 0.281. The number of nitrogens with two attached hydrogens (primary N) is 1. The van der Waals surface area contributed by atoms with Gasteiger partial charge in [-0.05, 0) is 48.4 Å². The number of anilines is 3. The summed E-state index contributed by atoms with van der Waals surface area (Å²) >= 11 is 0. The molecule has 0 bridgehead atoms. The van der Waals surface area contributed by atoms with Crippen molar-refractivity contribution in [3.8, 4) is 23.1 Å². The Hall–Kier alpha value is -5.61. The summed E-state index contributed by atoms with van der Waals surface area (Å²) in [6.07, 6.45) is 3.96. The fourth-order valence-electron chi connectivity index (χ4n) is 5.88. The third kappa shape index (κ3) is 5.83. The summed E-state index contributed by atoms with van der Waals surface area (Å²) in [6.45, 7) is 5.87. The average molecular weight is 601 g/mol. The SMILES string of the molecule is N#Cc1cc(N2CCN(Cc3ccc(-n4c(-c5cccnc5N)nc5ccc(N6CCCNC(=O)C6)nc54)cc3)CC2)ncn1. The Balaban J connectivity index is 1.16. The Morgan fingerprint density at radius 2 is 1.76 bits per heavy atom. The first kappa shape index (κ1) is 28.2. The monoisotopic (exact) mass is 600 g/mol. The molecule has 13 nitrogen and oxygen atoms in total. The molecule has 5 aromatic rings. The van der Waals surface area contributed by atoms with E-state index in [1.54, 1.807) is 12.3 Å². The minimum Gasteiger partial charge on any atom is -0.383 e. The molecule has 2 aliphatic heterocycles. The highest BCUT2D eigenvalue weighted by molar-refractivity contribution is 5.85. The Morgan fingerprint density at radius 3 is 2.56 bits per heavy atom. The van der Waals surface area contributed by atoms with Gasteiger partial charge in [0.15, 0.2) is 11.5 Å². The largest absolute Gasteiger partial charge is 0.383 e. The van der Waals surface area contributed by atoms with Gasteiger partial charge in [0.25, 0.3) is 0 Å². The highest BCUT2D eigenvalue weighted by Gasteiger charge is 2.22. The Morgan fingerprint density at radius 1 is 0.911 bits per heavy atom. The summed E-state index contributed by atoms with van der Waals surface area (Å²) in [5.74, 6) is 2.56. The summed E-state index contributed by atoms with van der Waals surface area (Å²) in [7, 11) is 0. The molecule has 0 atom stereocenters. The first-order valence-corrected chi connectivity index (χ1v) is 15.0. The predicted molar refractivity (Wildman–Crippen MR) is 171 cm³/mol. The van der Waals surface area contributed by atoms with E-state index in [1.807, 2.05) is 33.7 Å². The molecule has 0 radical (unpaired) electrons. The molecule has 45 heavy (non-hydrogen) atoms. The highest BCUT2D eigenvalue weighted by atomic mass is 16.2.